The van der Waals surface area contributed by atoms with E-state index in [1.807, 2.05) is 0 Å². The monoisotopic (exact) mass is 128 g/mol. The normalized spacial score (nSPS) is 18.7. The lowest BCUT2D eigenvalue weighted by Gasteiger charge is -2.26. The highest BCUT2D eigenvalue weighted by atomic mass is 16.5. The Kier molecular flexibility index (Phi) is 1.95. The first-order chi connectivity index (χ1) is 4.29. The molecular formula is C6H12N2O. The largest absolute Gasteiger partial charge is 0.386 e. The molecule has 3 N–H and O–H groups in total. The molecule has 0 aromatic rings. The number of rotatable bonds is 3. The van der Waals surface area contributed by atoms with E-state index in [1.54, 1.807) is 0 Å². The first kappa shape index (κ1) is 6.42. The molecule has 52 valence electrons. The Morgan fingerprint density at radius 3 is 2.78 bits per heavy atom. The molecule has 1 saturated heterocycles. The smallest absolute Gasteiger partial charge is 0.0886 e. The standard InChI is InChI=1S/C6H12N2O/c1-5(7)8-2-6-3-9-4-6/h6,8H,1-4,7H2. The zero-order valence-corrected chi connectivity index (χ0v) is 5.39. The van der Waals surface area contributed by atoms with Crippen LogP contribution in [0.25, 0.3) is 0 Å². The summed E-state index contributed by atoms with van der Waals surface area (Å²) in [5.74, 6) is 1.19. The van der Waals surface area contributed by atoms with Gasteiger partial charge in [0.2, 0.25) is 0 Å². The Balaban J connectivity index is 1.97. The van der Waals surface area contributed by atoms with Crippen LogP contribution in [0.5, 0.6) is 0 Å². The summed E-state index contributed by atoms with van der Waals surface area (Å²) in [4.78, 5) is 0. The first-order valence-electron chi connectivity index (χ1n) is 3.05. The van der Waals surface area contributed by atoms with E-state index in [9.17, 15) is 0 Å². The highest BCUT2D eigenvalue weighted by Gasteiger charge is 2.17. The zero-order valence-electron chi connectivity index (χ0n) is 5.39. The van der Waals surface area contributed by atoms with Crippen molar-refractivity contribution < 1.29 is 4.74 Å². The fourth-order valence-electron chi connectivity index (χ4n) is 0.678. The molecule has 0 radical (unpaired) electrons. The van der Waals surface area contributed by atoms with Gasteiger partial charge in [0.25, 0.3) is 0 Å². The summed E-state index contributed by atoms with van der Waals surface area (Å²) in [5, 5.41) is 2.95. The van der Waals surface area contributed by atoms with Crippen molar-refractivity contribution in [3.63, 3.8) is 0 Å². The van der Waals surface area contributed by atoms with Crippen LogP contribution in [-0.4, -0.2) is 19.8 Å². The Hall–Kier alpha value is -0.700. The van der Waals surface area contributed by atoms with Gasteiger partial charge in [-0.1, -0.05) is 6.58 Å². The van der Waals surface area contributed by atoms with Crippen molar-refractivity contribution in [1.29, 1.82) is 0 Å². The van der Waals surface area contributed by atoms with Crippen molar-refractivity contribution in [2.24, 2.45) is 11.7 Å². The third kappa shape index (κ3) is 1.93. The van der Waals surface area contributed by atoms with Crippen LogP contribution in [0.15, 0.2) is 12.4 Å². The molecule has 1 aliphatic rings. The van der Waals surface area contributed by atoms with Crippen LogP contribution in [-0.2, 0) is 4.74 Å². The van der Waals surface area contributed by atoms with E-state index in [-0.39, 0.29) is 0 Å². The number of nitrogens with two attached hydrogens (primary N) is 1. The molecule has 0 aliphatic carbocycles. The second-order valence-corrected chi connectivity index (χ2v) is 2.31. The molecule has 1 aliphatic heterocycles. The van der Waals surface area contributed by atoms with Crippen molar-refractivity contribution in [1.82, 2.24) is 5.32 Å². The van der Waals surface area contributed by atoms with Crippen molar-refractivity contribution >= 4 is 0 Å². The third-order valence-corrected chi connectivity index (χ3v) is 1.32. The molecule has 0 unspecified atom stereocenters. The maximum Gasteiger partial charge on any atom is 0.0886 e. The summed E-state index contributed by atoms with van der Waals surface area (Å²) in [5.41, 5.74) is 5.27. The fourth-order valence-corrected chi connectivity index (χ4v) is 0.678. The topological polar surface area (TPSA) is 47.3 Å². The molecule has 0 aromatic heterocycles. The maximum atomic E-state index is 5.27. The number of hydrogen-bond donors (Lipinski definition) is 2. The van der Waals surface area contributed by atoms with Gasteiger partial charge in [-0.3, -0.25) is 0 Å². The minimum absolute atomic E-state index is 0.543. The predicted molar refractivity (Wildman–Crippen MR) is 35.6 cm³/mol. The van der Waals surface area contributed by atoms with Gasteiger partial charge in [0.05, 0.1) is 19.0 Å². The Bertz CT molecular complexity index is 110. The lowest BCUT2D eigenvalue weighted by atomic mass is 10.1. The Labute approximate surface area is 54.9 Å². The van der Waals surface area contributed by atoms with Gasteiger partial charge >= 0.3 is 0 Å². The molecule has 0 bridgehead atoms. The van der Waals surface area contributed by atoms with Gasteiger partial charge in [0.15, 0.2) is 0 Å². The van der Waals surface area contributed by atoms with E-state index in [1.165, 1.54) is 0 Å². The van der Waals surface area contributed by atoms with Gasteiger partial charge < -0.3 is 15.8 Å². The van der Waals surface area contributed by atoms with Crippen LogP contribution >= 0.6 is 0 Å². The molecule has 0 atom stereocenters. The van der Waals surface area contributed by atoms with E-state index in [4.69, 9.17) is 10.5 Å². The quantitative estimate of drug-likeness (QED) is 0.546. The molecule has 1 fully saturated rings. The van der Waals surface area contributed by atoms with E-state index >= 15 is 0 Å². The minimum Gasteiger partial charge on any atom is -0.386 e. The second-order valence-electron chi connectivity index (χ2n) is 2.31. The van der Waals surface area contributed by atoms with E-state index in [2.05, 4.69) is 11.9 Å². The van der Waals surface area contributed by atoms with Crippen molar-refractivity contribution in [3.05, 3.63) is 12.4 Å². The number of nitrogens with one attached hydrogen (secondary N) is 1. The van der Waals surface area contributed by atoms with Crippen LogP contribution in [0.3, 0.4) is 0 Å². The van der Waals surface area contributed by atoms with Gasteiger partial charge in [-0.15, -0.1) is 0 Å². The van der Waals surface area contributed by atoms with Crippen LogP contribution in [0.4, 0.5) is 0 Å². The van der Waals surface area contributed by atoms with Gasteiger partial charge in [0.1, 0.15) is 0 Å². The molecule has 1 rings (SSSR count). The van der Waals surface area contributed by atoms with E-state index in [0.29, 0.717) is 11.7 Å². The third-order valence-electron chi connectivity index (χ3n) is 1.32. The zero-order chi connectivity index (χ0) is 6.69. The predicted octanol–water partition coefficient (Wildman–Crippen LogP) is -0.348. The highest BCUT2D eigenvalue weighted by Crippen LogP contribution is 2.07. The van der Waals surface area contributed by atoms with Crippen molar-refractivity contribution in [2.75, 3.05) is 19.8 Å². The summed E-state index contributed by atoms with van der Waals surface area (Å²) >= 11 is 0. The van der Waals surface area contributed by atoms with Crippen LogP contribution in [0.1, 0.15) is 0 Å². The molecule has 1 heterocycles. The summed E-state index contributed by atoms with van der Waals surface area (Å²) in [6, 6.07) is 0. The molecule has 0 spiro atoms. The lowest BCUT2D eigenvalue weighted by Crippen LogP contribution is -2.37. The van der Waals surface area contributed by atoms with Crippen LogP contribution in [0.2, 0.25) is 0 Å². The molecule has 3 nitrogen and oxygen atoms in total. The highest BCUT2D eigenvalue weighted by molar-refractivity contribution is 4.84. The molecule has 3 heteroatoms. The van der Waals surface area contributed by atoms with Gasteiger partial charge in [0, 0.05) is 12.5 Å². The van der Waals surface area contributed by atoms with Gasteiger partial charge in [-0.25, -0.2) is 0 Å². The Morgan fingerprint density at radius 1 is 1.78 bits per heavy atom. The van der Waals surface area contributed by atoms with E-state index < -0.39 is 0 Å². The number of ether oxygens (including phenoxy) is 1. The summed E-state index contributed by atoms with van der Waals surface area (Å²) < 4.78 is 4.96. The SMILES string of the molecule is C=C(N)NCC1COC1. The molecule has 9 heavy (non-hydrogen) atoms. The molecule has 0 saturated carbocycles. The van der Waals surface area contributed by atoms with Crippen LogP contribution in [0, 0.1) is 5.92 Å². The summed E-state index contributed by atoms with van der Waals surface area (Å²) in [6.07, 6.45) is 0. The minimum atomic E-state index is 0.543. The summed E-state index contributed by atoms with van der Waals surface area (Å²) in [6.45, 7) is 6.13. The number of hydrogen-bond acceptors (Lipinski definition) is 3. The van der Waals surface area contributed by atoms with Gasteiger partial charge in [-0.05, 0) is 0 Å². The second kappa shape index (κ2) is 2.73. The molecule has 0 aromatic carbocycles. The van der Waals surface area contributed by atoms with Crippen molar-refractivity contribution in [2.45, 2.75) is 0 Å². The average Bonchev–Trinajstić information content (AvgIpc) is 1.60. The van der Waals surface area contributed by atoms with Crippen molar-refractivity contribution in [3.8, 4) is 0 Å². The fraction of sp³-hybridized carbons (Fsp3) is 0.667. The molecule has 0 amide bonds. The lowest BCUT2D eigenvalue weighted by molar-refractivity contribution is -0.0296. The Morgan fingerprint density at radius 2 is 2.44 bits per heavy atom. The average molecular weight is 128 g/mol. The van der Waals surface area contributed by atoms with Gasteiger partial charge in [-0.2, -0.15) is 0 Å². The first-order valence-corrected chi connectivity index (χ1v) is 3.05. The summed E-state index contributed by atoms with van der Waals surface area (Å²) in [7, 11) is 0. The van der Waals surface area contributed by atoms with E-state index in [0.717, 1.165) is 19.8 Å². The van der Waals surface area contributed by atoms with Crippen LogP contribution < -0.4 is 11.1 Å². The maximum absolute atomic E-state index is 5.27. The molecular weight excluding hydrogens is 116 g/mol.